The zero-order valence-corrected chi connectivity index (χ0v) is 19.0. The van der Waals surface area contributed by atoms with Gasteiger partial charge in [-0.3, -0.25) is 14.5 Å². The Hall–Kier alpha value is -3.90. The maximum absolute atomic E-state index is 14.3. The van der Waals surface area contributed by atoms with E-state index >= 15 is 0 Å². The number of nitrogens with one attached hydrogen (secondary N) is 1. The van der Waals surface area contributed by atoms with Gasteiger partial charge in [0.1, 0.15) is 11.2 Å². The molecule has 1 fully saturated rings. The zero-order chi connectivity index (χ0) is 23.5. The van der Waals surface area contributed by atoms with Crippen LogP contribution in [-0.2, 0) is 4.79 Å². The van der Waals surface area contributed by atoms with E-state index in [-0.39, 0.29) is 28.6 Å². The van der Waals surface area contributed by atoms with Crippen LogP contribution < -0.4 is 10.2 Å². The fourth-order valence-corrected chi connectivity index (χ4v) is 5.13. The minimum Gasteiger partial charge on any atom is -0.322 e. The van der Waals surface area contributed by atoms with Crippen LogP contribution >= 0.6 is 11.8 Å². The van der Waals surface area contributed by atoms with Gasteiger partial charge in [-0.05, 0) is 53.1 Å². The molecule has 34 heavy (non-hydrogen) atoms. The number of nitrogens with zero attached hydrogens (tertiary/aromatic N) is 1. The molecule has 0 saturated carbocycles. The van der Waals surface area contributed by atoms with Gasteiger partial charge in [-0.1, -0.05) is 66.7 Å². The van der Waals surface area contributed by atoms with E-state index in [1.54, 1.807) is 42.5 Å². The van der Waals surface area contributed by atoms with E-state index < -0.39 is 5.82 Å². The quantitative estimate of drug-likeness (QED) is 0.363. The molecule has 6 heteroatoms. The van der Waals surface area contributed by atoms with Gasteiger partial charge in [0.15, 0.2) is 0 Å². The van der Waals surface area contributed by atoms with Crippen molar-refractivity contribution in [1.29, 1.82) is 0 Å². The van der Waals surface area contributed by atoms with E-state index in [1.807, 2.05) is 54.6 Å². The molecule has 0 bridgehead atoms. The summed E-state index contributed by atoms with van der Waals surface area (Å²) in [5.74, 6) is -0.469. The minimum absolute atomic E-state index is 0.128. The zero-order valence-electron chi connectivity index (χ0n) is 18.1. The van der Waals surface area contributed by atoms with Crippen LogP contribution in [0.4, 0.5) is 15.8 Å². The van der Waals surface area contributed by atoms with E-state index in [1.165, 1.54) is 22.7 Å². The summed E-state index contributed by atoms with van der Waals surface area (Å²) in [4.78, 5) is 26.7. The smallest absolute Gasteiger partial charge is 0.255 e. The summed E-state index contributed by atoms with van der Waals surface area (Å²) in [6.07, 6.45) is 0. The first-order valence-corrected chi connectivity index (χ1v) is 11.9. The normalized spacial score (nSPS) is 15.4. The van der Waals surface area contributed by atoms with Crippen molar-refractivity contribution in [2.24, 2.45) is 0 Å². The molecule has 168 valence electrons. The SMILES string of the molecule is O=C(Nc1ccc(C2SCC(=O)N2c2ccccc2F)cc1)c1ccc(-c2ccccc2)cc1. The molecule has 1 saturated heterocycles. The second-order valence-corrected chi connectivity index (χ2v) is 8.97. The largest absolute Gasteiger partial charge is 0.322 e. The Bertz CT molecular complexity index is 1320. The molecule has 1 aliphatic heterocycles. The van der Waals surface area contributed by atoms with Crippen LogP contribution in [0.15, 0.2) is 103 Å². The van der Waals surface area contributed by atoms with E-state index in [4.69, 9.17) is 0 Å². The predicted octanol–water partition coefficient (Wildman–Crippen LogP) is 6.52. The number of carbonyl (C=O) groups excluding carboxylic acids is 2. The Morgan fingerprint density at radius 3 is 2.18 bits per heavy atom. The third-order valence-electron chi connectivity index (χ3n) is 5.69. The summed E-state index contributed by atoms with van der Waals surface area (Å²) < 4.78 is 14.3. The minimum atomic E-state index is -0.425. The molecule has 1 unspecified atom stereocenters. The van der Waals surface area contributed by atoms with Gasteiger partial charge in [-0.15, -0.1) is 11.8 Å². The second kappa shape index (κ2) is 9.53. The van der Waals surface area contributed by atoms with Crippen molar-refractivity contribution in [1.82, 2.24) is 0 Å². The highest BCUT2D eigenvalue weighted by atomic mass is 32.2. The number of benzene rings is 4. The molecule has 4 aromatic rings. The fourth-order valence-electron chi connectivity index (χ4n) is 3.96. The van der Waals surface area contributed by atoms with Gasteiger partial charge in [-0.25, -0.2) is 4.39 Å². The van der Waals surface area contributed by atoms with Crippen LogP contribution in [0, 0.1) is 5.82 Å². The first kappa shape index (κ1) is 21.9. The second-order valence-electron chi connectivity index (χ2n) is 7.90. The highest BCUT2D eigenvalue weighted by molar-refractivity contribution is 8.00. The van der Waals surface area contributed by atoms with Gasteiger partial charge in [0.2, 0.25) is 5.91 Å². The third-order valence-corrected chi connectivity index (χ3v) is 6.90. The summed E-state index contributed by atoms with van der Waals surface area (Å²) in [5.41, 5.74) is 4.49. The molecule has 4 aromatic carbocycles. The van der Waals surface area contributed by atoms with Gasteiger partial charge < -0.3 is 5.32 Å². The molecule has 1 N–H and O–H groups in total. The first-order valence-electron chi connectivity index (χ1n) is 10.9. The number of carbonyl (C=O) groups is 2. The first-order chi connectivity index (χ1) is 16.6. The van der Waals surface area contributed by atoms with E-state index in [9.17, 15) is 14.0 Å². The number of amides is 2. The molecule has 2 amide bonds. The van der Waals surface area contributed by atoms with Gasteiger partial charge in [0.25, 0.3) is 5.91 Å². The highest BCUT2D eigenvalue weighted by Crippen LogP contribution is 2.42. The van der Waals surface area contributed by atoms with E-state index in [2.05, 4.69) is 5.32 Å². The third kappa shape index (κ3) is 4.45. The molecular formula is C28H21FN2O2S. The Morgan fingerprint density at radius 1 is 0.824 bits per heavy atom. The molecule has 4 nitrogen and oxygen atoms in total. The number of para-hydroxylation sites is 1. The summed E-state index contributed by atoms with van der Waals surface area (Å²) in [5, 5.41) is 2.59. The van der Waals surface area contributed by atoms with Crippen LogP contribution in [0.1, 0.15) is 21.3 Å². The molecule has 1 aliphatic rings. The van der Waals surface area contributed by atoms with Crippen LogP contribution in [0.2, 0.25) is 0 Å². The van der Waals surface area contributed by atoms with Crippen molar-refractivity contribution >= 4 is 35.0 Å². The number of thioether (sulfide) groups is 1. The molecule has 0 spiro atoms. The van der Waals surface area contributed by atoms with Crippen molar-refractivity contribution in [3.8, 4) is 11.1 Å². The molecular weight excluding hydrogens is 447 g/mol. The van der Waals surface area contributed by atoms with Crippen LogP contribution in [0.5, 0.6) is 0 Å². The topological polar surface area (TPSA) is 49.4 Å². The summed E-state index contributed by atoms with van der Waals surface area (Å²) >= 11 is 1.45. The van der Waals surface area contributed by atoms with Crippen molar-refractivity contribution in [2.75, 3.05) is 16.0 Å². The molecule has 0 aromatic heterocycles. The Labute approximate surface area is 201 Å². The molecule has 0 radical (unpaired) electrons. The number of hydrogen-bond acceptors (Lipinski definition) is 3. The Morgan fingerprint density at radius 2 is 1.47 bits per heavy atom. The van der Waals surface area contributed by atoms with E-state index in [0.29, 0.717) is 11.3 Å². The monoisotopic (exact) mass is 468 g/mol. The molecule has 5 rings (SSSR count). The maximum atomic E-state index is 14.3. The average molecular weight is 469 g/mol. The Balaban J connectivity index is 1.29. The molecule has 1 heterocycles. The maximum Gasteiger partial charge on any atom is 0.255 e. The lowest BCUT2D eigenvalue weighted by Gasteiger charge is -2.24. The number of rotatable bonds is 5. The lowest BCUT2D eigenvalue weighted by atomic mass is 10.0. The van der Waals surface area contributed by atoms with Crippen LogP contribution in [0.3, 0.4) is 0 Å². The van der Waals surface area contributed by atoms with Crippen molar-refractivity contribution < 1.29 is 14.0 Å². The standard InChI is InChI=1S/C28H21FN2O2S/c29-24-8-4-5-9-25(24)31-26(32)18-34-28(31)22-14-16-23(17-15-22)30-27(33)21-12-10-20(11-13-21)19-6-2-1-3-7-19/h1-17,28H,18H2,(H,30,33). The average Bonchev–Trinajstić information content (AvgIpc) is 3.26. The highest BCUT2D eigenvalue weighted by Gasteiger charge is 2.35. The molecule has 1 atom stereocenters. The van der Waals surface area contributed by atoms with Crippen LogP contribution in [-0.4, -0.2) is 17.6 Å². The number of anilines is 2. The Kier molecular flexibility index (Phi) is 6.14. The molecule has 0 aliphatic carbocycles. The lowest BCUT2D eigenvalue weighted by molar-refractivity contribution is -0.115. The van der Waals surface area contributed by atoms with Gasteiger partial charge in [0, 0.05) is 11.3 Å². The van der Waals surface area contributed by atoms with Crippen molar-refractivity contribution in [3.63, 3.8) is 0 Å². The van der Waals surface area contributed by atoms with Crippen LogP contribution in [0.25, 0.3) is 11.1 Å². The summed E-state index contributed by atoms with van der Waals surface area (Å²) in [6.45, 7) is 0. The van der Waals surface area contributed by atoms with Crippen molar-refractivity contribution in [2.45, 2.75) is 5.37 Å². The van der Waals surface area contributed by atoms with Gasteiger partial charge in [-0.2, -0.15) is 0 Å². The van der Waals surface area contributed by atoms with Gasteiger partial charge in [0.05, 0.1) is 11.4 Å². The van der Waals surface area contributed by atoms with Gasteiger partial charge >= 0.3 is 0 Å². The summed E-state index contributed by atoms with van der Waals surface area (Å²) in [7, 11) is 0. The predicted molar refractivity (Wildman–Crippen MR) is 135 cm³/mol. The van der Waals surface area contributed by atoms with E-state index in [0.717, 1.165) is 16.7 Å². The van der Waals surface area contributed by atoms with Crippen molar-refractivity contribution in [3.05, 3.63) is 120 Å². The number of halogens is 1. The lowest BCUT2D eigenvalue weighted by Crippen LogP contribution is -2.28. The number of hydrogen-bond donors (Lipinski definition) is 1. The summed E-state index contributed by atoms with van der Waals surface area (Å²) in [6, 6.07) is 31.1. The fraction of sp³-hybridized carbons (Fsp3) is 0.0714.